The summed E-state index contributed by atoms with van der Waals surface area (Å²) in [6, 6.07) is 6.32. The molecule has 0 spiro atoms. The molecule has 5 heteroatoms. The van der Waals surface area contributed by atoms with Crippen molar-refractivity contribution in [3.8, 4) is 0 Å². The first kappa shape index (κ1) is 17.2. The standard InChI is InChI=1S/C13H21Si.3ClH.Ti/c1-14(2,3)10-11-8-12-6-4-5-7-13(12)9-11;;;;/h8-9H,4-7,10H2,1-3H3;3*1H;/q-1;;;;+4/p-3. The second kappa shape index (κ2) is 7.81. The van der Waals surface area contributed by atoms with Crippen LogP contribution in [0.4, 0.5) is 0 Å². The van der Waals surface area contributed by atoms with E-state index in [1.54, 1.807) is 16.7 Å². The van der Waals surface area contributed by atoms with Gasteiger partial charge in [0.2, 0.25) is 0 Å². The summed E-state index contributed by atoms with van der Waals surface area (Å²) in [5, 5.41) is 0. The van der Waals surface area contributed by atoms with Crippen LogP contribution in [-0.4, -0.2) is 8.07 Å². The Hall–Kier alpha value is 1.15. The van der Waals surface area contributed by atoms with Crippen molar-refractivity contribution in [3.05, 3.63) is 28.8 Å². The van der Waals surface area contributed by atoms with Crippen molar-refractivity contribution < 1.29 is 14.7 Å². The van der Waals surface area contributed by atoms with Crippen molar-refractivity contribution >= 4 is 36.0 Å². The van der Waals surface area contributed by atoms with Gasteiger partial charge in [0.05, 0.1) is 0 Å². The van der Waals surface area contributed by atoms with Crippen LogP contribution in [0.1, 0.15) is 29.5 Å². The van der Waals surface area contributed by atoms with Crippen molar-refractivity contribution in [1.82, 2.24) is 0 Å². The van der Waals surface area contributed by atoms with Gasteiger partial charge in [-0.3, -0.25) is 0 Å². The van der Waals surface area contributed by atoms with Crippen molar-refractivity contribution in [2.45, 2.75) is 51.4 Å². The van der Waals surface area contributed by atoms with E-state index in [0.29, 0.717) is 0 Å². The Labute approximate surface area is 130 Å². The minimum atomic E-state index is -1.92. The van der Waals surface area contributed by atoms with Gasteiger partial charge in [0, 0.05) is 8.07 Å². The SMILES string of the molecule is C[Si](C)(C)Cc1cc2c([cH-]1)CCCC2.[Cl][Ti+]([Cl])[Cl]. The van der Waals surface area contributed by atoms with Crippen LogP contribution in [0, 0.1) is 0 Å². The van der Waals surface area contributed by atoms with Gasteiger partial charge in [-0.2, -0.15) is 22.8 Å². The van der Waals surface area contributed by atoms with E-state index in [-0.39, 0.29) is 0 Å². The maximum atomic E-state index is 4.97. The van der Waals surface area contributed by atoms with Crippen LogP contribution < -0.4 is 0 Å². The summed E-state index contributed by atoms with van der Waals surface area (Å²) in [5.41, 5.74) is 4.94. The molecule has 0 atom stereocenters. The summed E-state index contributed by atoms with van der Waals surface area (Å²) in [5.74, 6) is 0. The number of halogens is 3. The van der Waals surface area contributed by atoms with Gasteiger partial charge in [0.25, 0.3) is 0 Å². The fourth-order valence-corrected chi connectivity index (χ4v) is 3.91. The van der Waals surface area contributed by atoms with Crippen LogP contribution in [0.25, 0.3) is 0 Å². The summed E-state index contributed by atoms with van der Waals surface area (Å²) < 4.78 is 0. The van der Waals surface area contributed by atoms with Gasteiger partial charge in [0.15, 0.2) is 0 Å². The molecule has 18 heavy (non-hydrogen) atoms. The first-order valence-corrected chi connectivity index (χ1v) is 16.5. The molecular formula is C13H21Cl3SiTi. The van der Waals surface area contributed by atoms with Gasteiger partial charge in [-0.05, 0) is 0 Å². The molecule has 0 saturated carbocycles. The minimum absolute atomic E-state index is 0.913. The molecule has 0 fully saturated rings. The van der Waals surface area contributed by atoms with Crippen LogP contribution in [0.2, 0.25) is 19.6 Å². The van der Waals surface area contributed by atoms with E-state index in [1.165, 1.54) is 31.7 Å². The van der Waals surface area contributed by atoms with Crippen molar-refractivity contribution in [2.75, 3.05) is 0 Å². The molecule has 1 aliphatic carbocycles. The van der Waals surface area contributed by atoms with E-state index in [0.717, 1.165) is 0 Å². The molecule has 0 saturated heterocycles. The third-order valence-electron chi connectivity index (χ3n) is 3.01. The second-order valence-electron chi connectivity index (χ2n) is 6.07. The third kappa shape index (κ3) is 7.07. The molecule has 0 heterocycles. The Morgan fingerprint density at radius 1 is 1.17 bits per heavy atom. The normalized spacial score (nSPS) is 14.6. The van der Waals surface area contributed by atoms with Crippen molar-refractivity contribution in [2.24, 2.45) is 0 Å². The summed E-state index contributed by atoms with van der Waals surface area (Å²) in [4.78, 5) is 0. The topological polar surface area (TPSA) is 0 Å². The monoisotopic (exact) mass is 358 g/mol. The summed E-state index contributed by atoms with van der Waals surface area (Å²) in [7, 11) is 14.0. The van der Waals surface area contributed by atoms with Gasteiger partial charge in [0.1, 0.15) is 0 Å². The molecule has 0 amide bonds. The first-order chi connectivity index (χ1) is 8.28. The third-order valence-corrected chi connectivity index (χ3v) is 4.48. The molecule has 0 unspecified atom stereocenters. The zero-order valence-electron chi connectivity index (χ0n) is 11.3. The number of fused-ring (bicyclic) bond motifs is 1. The van der Waals surface area contributed by atoms with Crippen LogP contribution in [0.15, 0.2) is 12.1 Å². The first-order valence-electron chi connectivity index (χ1n) is 6.39. The fraction of sp³-hybridized carbons (Fsp3) is 0.615. The van der Waals surface area contributed by atoms with Crippen LogP contribution >= 0.6 is 27.9 Å². The van der Waals surface area contributed by atoms with Crippen LogP contribution in [0.5, 0.6) is 0 Å². The van der Waals surface area contributed by atoms with E-state index < -0.39 is 22.8 Å². The Morgan fingerprint density at radius 2 is 1.72 bits per heavy atom. The number of rotatable bonds is 2. The Bertz CT molecular complexity index is 343. The molecule has 1 aliphatic rings. The van der Waals surface area contributed by atoms with E-state index >= 15 is 0 Å². The second-order valence-corrected chi connectivity index (χ2v) is 19.3. The Morgan fingerprint density at radius 3 is 2.22 bits per heavy atom. The van der Waals surface area contributed by atoms with Crippen LogP contribution in [0.3, 0.4) is 0 Å². The molecule has 2 rings (SSSR count). The molecule has 0 radical (unpaired) electrons. The quantitative estimate of drug-likeness (QED) is 0.464. The van der Waals surface area contributed by atoms with E-state index in [4.69, 9.17) is 27.9 Å². The number of hydrogen-bond donors (Lipinski definition) is 0. The molecule has 0 aromatic heterocycles. The van der Waals surface area contributed by atoms with E-state index in [2.05, 4.69) is 31.8 Å². The number of hydrogen-bond acceptors (Lipinski definition) is 0. The predicted molar refractivity (Wildman–Crippen MR) is 83.3 cm³/mol. The fourth-order valence-electron chi connectivity index (χ4n) is 2.49. The molecule has 1 aromatic carbocycles. The average molecular weight is 360 g/mol. The maximum absolute atomic E-state index is 4.97. The molecule has 102 valence electrons. The predicted octanol–water partition coefficient (Wildman–Crippen LogP) is 5.77. The Balaban J connectivity index is 0.000000357. The molecule has 1 aromatic rings. The van der Waals surface area contributed by atoms with Gasteiger partial charge in [-0.25, -0.2) is 6.07 Å². The zero-order valence-corrected chi connectivity index (χ0v) is 16.2. The van der Waals surface area contributed by atoms with E-state index in [9.17, 15) is 0 Å². The Kier molecular flexibility index (Phi) is 7.46. The molecule has 0 N–H and O–H groups in total. The van der Waals surface area contributed by atoms with Gasteiger partial charge >= 0.3 is 42.6 Å². The van der Waals surface area contributed by atoms with Gasteiger partial charge < -0.3 is 0 Å². The molecule has 0 bridgehead atoms. The van der Waals surface area contributed by atoms with Crippen molar-refractivity contribution in [3.63, 3.8) is 0 Å². The van der Waals surface area contributed by atoms with Crippen molar-refractivity contribution in [1.29, 1.82) is 0 Å². The van der Waals surface area contributed by atoms with Gasteiger partial charge in [-0.15, -0.1) is 0 Å². The van der Waals surface area contributed by atoms with Crippen LogP contribution in [-0.2, 0) is 33.6 Å². The zero-order chi connectivity index (χ0) is 13.8. The summed E-state index contributed by atoms with van der Waals surface area (Å²) in [6.07, 6.45) is 5.48. The number of aryl methyl sites for hydroxylation is 2. The van der Waals surface area contributed by atoms with Gasteiger partial charge in [-0.1, -0.05) is 51.4 Å². The molecule has 0 aliphatic heterocycles. The van der Waals surface area contributed by atoms with E-state index in [1.807, 2.05) is 0 Å². The summed E-state index contributed by atoms with van der Waals surface area (Å²) in [6.45, 7) is 7.37. The summed E-state index contributed by atoms with van der Waals surface area (Å²) >= 11 is -1.92. The molecule has 0 nitrogen and oxygen atoms in total. The molecular weight excluding hydrogens is 338 g/mol. The average Bonchev–Trinajstić information content (AvgIpc) is 2.55.